The number of nitriles is 1. The minimum Gasteiger partial charge on any atom is -0.497 e. The molecule has 0 bridgehead atoms. The monoisotopic (exact) mass is 243 g/mol. The van der Waals surface area contributed by atoms with Gasteiger partial charge in [0.15, 0.2) is 0 Å². The molecule has 0 fully saturated rings. The molecular formula is C14H10FNO2. The van der Waals surface area contributed by atoms with E-state index >= 15 is 0 Å². The molecule has 2 rings (SSSR count). The second-order valence-corrected chi connectivity index (χ2v) is 3.53. The van der Waals surface area contributed by atoms with Gasteiger partial charge in [-0.05, 0) is 30.3 Å². The van der Waals surface area contributed by atoms with Crippen LogP contribution < -0.4 is 9.47 Å². The van der Waals surface area contributed by atoms with E-state index < -0.39 is 5.82 Å². The number of ether oxygens (including phenoxy) is 2. The third-order valence-electron chi connectivity index (χ3n) is 2.33. The number of halogens is 1. The van der Waals surface area contributed by atoms with Crippen LogP contribution in [-0.2, 0) is 0 Å². The molecule has 0 radical (unpaired) electrons. The van der Waals surface area contributed by atoms with Crippen LogP contribution in [0.3, 0.4) is 0 Å². The summed E-state index contributed by atoms with van der Waals surface area (Å²) in [4.78, 5) is 0. The second-order valence-electron chi connectivity index (χ2n) is 3.53. The zero-order valence-electron chi connectivity index (χ0n) is 9.68. The van der Waals surface area contributed by atoms with Crippen molar-refractivity contribution in [1.29, 1.82) is 5.26 Å². The van der Waals surface area contributed by atoms with Gasteiger partial charge in [-0.15, -0.1) is 0 Å². The lowest BCUT2D eigenvalue weighted by Crippen LogP contribution is -1.90. The van der Waals surface area contributed by atoms with Crippen LogP contribution in [-0.4, -0.2) is 7.11 Å². The molecule has 0 spiro atoms. The third kappa shape index (κ3) is 2.58. The van der Waals surface area contributed by atoms with Crippen molar-refractivity contribution in [2.75, 3.05) is 7.11 Å². The van der Waals surface area contributed by atoms with E-state index in [-0.39, 0.29) is 5.56 Å². The molecule has 4 heteroatoms. The molecule has 0 aliphatic rings. The minimum atomic E-state index is -0.468. The number of benzene rings is 2. The van der Waals surface area contributed by atoms with Gasteiger partial charge in [0.2, 0.25) is 0 Å². The molecule has 0 amide bonds. The molecule has 0 aromatic heterocycles. The van der Waals surface area contributed by atoms with Crippen LogP contribution in [0, 0.1) is 17.1 Å². The molecule has 0 unspecified atom stereocenters. The summed E-state index contributed by atoms with van der Waals surface area (Å²) in [5.41, 5.74) is 0.151. The number of methoxy groups -OCH3 is 1. The first-order chi connectivity index (χ1) is 8.72. The topological polar surface area (TPSA) is 42.2 Å². The molecule has 18 heavy (non-hydrogen) atoms. The number of nitrogens with zero attached hydrogens (tertiary/aromatic N) is 1. The Labute approximate surface area is 104 Å². The van der Waals surface area contributed by atoms with E-state index in [4.69, 9.17) is 14.7 Å². The minimum absolute atomic E-state index is 0.151. The Morgan fingerprint density at radius 3 is 2.61 bits per heavy atom. The Morgan fingerprint density at radius 2 is 1.89 bits per heavy atom. The van der Waals surface area contributed by atoms with E-state index in [0.29, 0.717) is 17.2 Å². The molecule has 3 nitrogen and oxygen atoms in total. The predicted octanol–water partition coefficient (Wildman–Crippen LogP) is 3.50. The molecule has 0 aliphatic carbocycles. The lowest BCUT2D eigenvalue weighted by atomic mass is 10.2. The molecule has 2 aromatic rings. The van der Waals surface area contributed by atoms with Crippen LogP contribution in [0.5, 0.6) is 17.2 Å². The summed E-state index contributed by atoms with van der Waals surface area (Å²) in [5.74, 6) is 1.02. The van der Waals surface area contributed by atoms with E-state index in [2.05, 4.69) is 0 Å². The molecule has 2 aromatic carbocycles. The van der Waals surface area contributed by atoms with Crippen LogP contribution in [0.15, 0.2) is 42.5 Å². The highest BCUT2D eigenvalue weighted by molar-refractivity contribution is 5.46. The van der Waals surface area contributed by atoms with Gasteiger partial charge in [0.05, 0.1) is 12.7 Å². The zero-order valence-corrected chi connectivity index (χ0v) is 9.68. The predicted molar refractivity (Wildman–Crippen MR) is 64.2 cm³/mol. The van der Waals surface area contributed by atoms with Gasteiger partial charge in [0, 0.05) is 6.07 Å². The molecule has 0 atom stereocenters. The SMILES string of the molecule is COc1cccc(Oc2ccc(F)cc2C#N)c1. The average molecular weight is 243 g/mol. The second kappa shape index (κ2) is 5.19. The molecule has 0 heterocycles. The normalized spacial score (nSPS) is 9.61. The summed E-state index contributed by atoms with van der Waals surface area (Å²) in [6.07, 6.45) is 0. The van der Waals surface area contributed by atoms with Crippen molar-refractivity contribution in [2.45, 2.75) is 0 Å². The molecule has 90 valence electrons. The van der Waals surface area contributed by atoms with Gasteiger partial charge in [-0.2, -0.15) is 5.26 Å². The summed E-state index contributed by atoms with van der Waals surface area (Å²) in [6.45, 7) is 0. The Kier molecular flexibility index (Phi) is 3.44. The number of hydrogen-bond donors (Lipinski definition) is 0. The van der Waals surface area contributed by atoms with Gasteiger partial charge in [-0.3, -0.25) is 0 Å². The quantitative estimate of drug-likeness (QED) is 0.828. The molecule has 0 saturated carbocycles. The van der Waals surface area contributed by atoms with Crippen LogP contribution in [0.25, 0.3) is 0 Å². The maximum absolute atomic E-state index is 13.0. The average Bonchev–Trinajstić information content (AvgIpc) is 2.41. The number of hydrogen-bond acceptors (Lipinski definition) is 3. The van der Waals surface area contributed by atoms with Crippen molar-refractivity contribution in [3.05, 3.63) is 53.8 Å². The van der Waals surface area contributed by atoms with Crippen molar-refractivity contribution in [2.24, 2.45) is 0 Å². The van der Waals surface area contributed by atoms with Crippen LogP contribution >= 0.6 is 0 Å². The summed E-state index contributed by atoms with van der Waals surface area (Å²) in [6, 6.07) is 12.7. The summed E-state index contributed by atoms with van der Waals surface area (Å²) in [5, 5.41) is 8.90. The van der Waals surface area contributed by atoms with E-state index in [1.165, 1.54) is 12.1 Å². The largest absolute Gasteiger partial charge is 0.497 e. The van der Waals surface area contributed by atoms with Crippen molar-refractivity contribution >= 4 is 0 Å². The Morgan fingerprint density at radius 1 is 1.11 bits per heavy atom. The Hall–Kier alpha value is -2.54. The zero-order chi connectivity index (χ0) is 13.0. The summed E-state index contributed by atoms with van der Waals surface area (Å²) >= 11 is 0. The van der Waals surface area contributed by atoms with Gasteiger partial charge in [-0.25, -0.2) is 4.39 Å². The van der Waals surface area contributed by atoms with Crippen LogP contribution in [0.2, 0.25) is 0 Å². The fourth-order valence-corrected chi connectivity index (χ4v) is 1.47. The van der Waals surface area contributed by atoms with Crippen molar-refractivity contribution < 1.29 is 13.9 Å². The highest BCUT2D eigenvalue weighted by Crippen LogP contribution is 2.27. The van der Waals surface area contributed by atoms with Crippen molar-refractivity contribution in [1.82, 2.24) is 0 Å². The van der Waals surface area contributed by atoms with Gasteiger partial charge >= 0.3 is 0 Å². The smallest absolute Gasteiger partial charge is 0.145 e. The summed E-state index contributed by atoms with van der Waals surface area (Å²) in [7, 11) is 1.55. The van der Waals surface area contributed by atoms with E-state index in [9.17, 15) is 4.39 Å². The Balaban J connectivity index is 2.31. The van der Waals surface area contributed by atoms with Crippen LogP contribution in [0.4, 0.5) is 4.39 Å². The van der Waals surface area contributed by atoms with E-state index in [1.54, 1.807) is 31.4 Å². The summed E-state index contributed by atoms with van der Waals surface area (Å²) < 4.78 is 23.6. The first-order valence-corrected chi connectivity index (χ1v) is 5.24. The maximum atomic E-state index is 13.0. The fourth-order valence-electron chi connectivity index (χ4n) is 1.47. The van der Waals surface area contributed by atoms with Crippen molar-refractivity contribution in [3.63, 3.8) is 0 Å². The first-order valence-electron chi connectivity index (χ1n) is 5.24. The standard InChI is InChI=1S/C14H10FNO2/c1-17-12-3-2-4-13(8-12)18-14-6-5-11(15)7-10(14)9-16/h2-8H,1H3. The van der Waals surface area contributed by atoms with Crippen LogP contribution in [0.1, 0.15) is 5.56 Å². The molecule has 0 N–H and O–H groups in total. The lowest BCUT2D eigenvalue weighted by molar-refractivity contribution is 0.409. The van der Waals surface area contributed by atoms with Gasteiger partial charge in [0.1, 0.15) is 29.1 Å². The van der Waals surface area contributed by atoms with E-state index in [0.717, 1.165) is 6.07 Å². The van der Waals surface area contributed by atoms with Gasteiger partial charge in [0.25, 0.3) is 0 Å². The van der Waals surface area contributed by atoms with Gasteiger partial charge < -0.3 is 9.47 Å². The fraction of sp³-hybridized carbons (Fsp3) is 0.0714. The highest BCUT2D eigenvalue weighted by Gasteiger charge is 2.06. The number of rotatable bonds is 3. The van der Waals surface area contributed by atoms with E-state index in [1.807, 2.05) is 6.07 Å². The maximum Gasteiger partial charge on any atom is 0.145 e. The third-order valence-corrected chi connectivity index (χ3v) is 2.33. The molecule has 0 saturated heterocycles. The first kappa shape index (κ1) is 11.9. The lowest BCUT2D eigenvalue weighted by Gasteiger charge is -2.08. The highest BCUT2D eigenvalue weighted by atomic mass is 19.1. The van der Waals surface area contributed by atoms with Gasteiger partial charge in [-0.1, -0.05) is 6.07 Å². The molecular weight excluding hydrogens is 233 g/mol. The van der Waals surface area contributed by atoms with Crippen molar-refractivity contribution in [3.8, 4) is 23.3 Å². The Bertz CT molecular complexity index is 605. The molecule has 0 aliphatic heterocycles.